The first-order valence-electron chi connectivity index (χ1n) is 6.24. The van der Waals surface area contributed by atoms with Crippen LogP contribution in [-0.2, 0) is 0 Å². The van der Waals surface area contributed by atoms with Gasteiger partial charge in [-0.25, -0.2) is 0 Å². The maximum atomic E-state index is 10.8. The molecule has 0 radical (unpaired) electrons. The minimum absolute atomic E-state index is 0.172. The number of unbranched alkanes of at least 4 members (excludes halogenated alkanes) is 1. The van der Waals surface area contributed by atoms with Crippen LogP contribution in [0.25, 0.3) is 0 Å². The number of rotatable bonds is 3. The molecule has 1 nitrogen and oxygen atoms in total. The third-order valence-electron chi connectivity index (χ3n) is 5.16. The molecule has 0 aliphatic heterocycles. The average Bonchev–Trinajstić information content (AvgIpc) is 2.67. The third kappa shape index (κ3) is 1.18. The van der Waals surface area contributed by atoms with Crippen LogP contribution in [0.2, 0.25) is 0 Å². The Labute approximate surface area is 87.9 Å². The first kappa shape index (κ1) is 10.5. The maximum Gasteiger partial charge on any atom is 0.0729 e. The van der Waals surface area contributed by atoms with Gasteiger partial charge >= 0.3 is 0 Å². The Morgan fingerprint density at radius 3 is 2.36 bits per heavy atom. The SMILES string of the molecule is CCCC[C@]1(O)[C@H]2CC[C@H](C2)C1(C)C. The molecule has 14 heavy (non-hydrogen) atoms. The summed E-state index contributed by atoms with van der Waals surface area (Å²) in [5.74, 6) is 1.39. The van der Waals surface area contributed by atoms with Gasteiger partial charge in [0.05, 0.1) is 5.60 Å². The number of hydrogen-bond acceptors (Lipinski definition) is 1. The van der Waals surface area contributed by atoms with Crippen LogP contribution in [0, 0.1) is 17.3 Å². The summed E-state index contributed by atoms with van der Waals surface area (Å²) in [6.07, 6.45) is 7.32. The molecule has 0 aromatic carbocycles. The molecule has 0 aromatic rings. The molecule has 1 heteroatoms. The van der Waals surface area contributed by atoms with Gasteiger partial charge in [-0.1, -0.05) is 33.6 Å². The molecular formula is C13H24O. The summed E-state index contributed by atoms with van der Waals surface area (Å²) >= 11 is 0. The van der Waals surface area contributed by atoms with Crippen LogP contribution in [0.4, 0.5) is 0 Å². The Balaban J connectivity index is 2.16. The fraction of sp³-hybridized carbons (Fsp3) is 1.00. The summed E-state index contributed by atoms with van der Waals surface area (Å²) < 4.78 is 0. The Kier molecular flexibility index (Phi) is 2.42. The summed E-state index contributed by atoms with van der Waals surface area (Å²) in [6.45, 7) is 6.78. The van der Waals surface area contributed by atoms with Crippen molar-refractivity contribution in [1.29, 1.82) is 0 Å². The van der Waals surface area contributed by atoms with E-state index in [1.165, 1.54) is 32.1 Å². The number of aliphatic hydroxyl groups is 1. The van der Waals surface area contributed by atoms with Crippen LogP contribution < -0.4 is 0 Å². The molecule has 3 atom stereocenters. The topological polar surface area (TPSA) is 20.2 Å². The zero-order valence-corrected chi connectivity index (χ0v) is 9.84. The van der Waals surface area contributed by atoms with Gasteiger partial charge in [-0.2, -0.15) is 0 Å². The lowest BCUT2D eigenvalue weighted by molar-refractivity contribution is -0.112. The summed E-state index contributed by atoms with van der Waals surface area (Å²) in [7, 11) is 0. The Morgan fingerprint density at radius 1 is 1.21 bits per heavy atom. The van der Waals surface area contributed by atoms with E-state index in [-0.39, 0.29) is 11.0 Å². The van der Waals surface area contributed by atoms with Crippen LogP contribution in [0.5, 0.6) is 0 Å². The molecule has 0 saturated heterocycles. The molecule has 2 fully saturated rings. The summed E-state index contributed by atoms with van der Waals surface area (Å²) in [5.41, 5.74) is -0.170. The van der Waals surface area contributed by atoms with Crippen molar-refractivity contribution in [2.45, 2.75) is 64.9 Å². The molecule has 0 amide bonds. The van der Waals surface area contributed by atoms with E-state index >= 15 is 0 Å². The second-order valence-corrected chi connectivity index (χ2v) is 5.96. The fourth-order valence-electron chi connectivity index (χ4n) is 3.92. The molecule has 0 heterocycles. The molecule has 82 valence electrons. The van der Waals surface area contributed by atoms with Gasteiger partial charge in [0.25, 0.3) is 0 Å². The van der Waals surface area contributed by atoms with Gasteiger partial charge in [-0.3, -0.25) is 0 Å². The maximum absolute atomic E-state index is 10.8. The van der Waals surface area contributed by atoms with Crippen molar-refractivity contribution in [3.63, 3.8) is 0 Å². The van der Waals surface area contributed by atoms with Gasteiger partial charge in [0.1, 0.15) is 0 Å². The number of fused-ring (bicyclic) bond motifs is 2. The van der Waals surface area contributed by atoms with E-state index in [4.69, 9.17) is 0 Å². The highest BCUT2D eigenvalue weighted by atomic mass is 16.3. The minimum atomic E-state index is -0.341. The molecular weight excluding hydrogens is 172 g/mol. The van der Waals surface area contributed by atoms with E-state index in [2.05, 4.69) is 20.8 Å². The van der Waals surface area contributed by atoms with Crippen molar-refractivity contribution >= 4 is 0 Å². The van der Waals surface area contributed by atoms with Crippen molar-refractivity contribution in [2.24, 2.45) is 17.3 Å². The number of hydrogen-bond donors (Lipinski definition) is 1. The average molecular weight is 196 g/mol. The van der Waals surface area contributed by atoms with Gasteiger partial charge < -0.3 is 5.11 Å². The lowest BCUT2D eigenvalue weighted by Gasteiger charge is -2.46. The standard InChI is InChI=1S/C13H24O/c1-4-5-8-13(14)11-7-6-10(9-11)12(13,2)3/h10-11,14H,4-9H2,1-3H3/t10-,11+,13+/m1/s1. The van der Waals surface area contributed by atoms with E-state index < -0.39 is 0 Å². The quantitative estimate of drug-likeness (QED) is 0.734. The molecule has 0 aromatic heterocycles. The van der Waals surface area contributed by atoms with Crippen molar-refractivity contribution < 1.29 is 5.11 Å². The van der Waals surface area contributed by atoms with Crippen molar-refractivity contribution in [2.75, 3.05) is 0 Å². The molecule has 1 N–H and O–H groups in total. The third-order valence-corrected chi connectivity index (χ3v) is 5.16. The zero-order chi connectivity index (χ0) is 10.4. The van der Waals surface area contributed by atoms with Crippen molar-refractivity contribution in [1.82, 2.24) is 0 Å². The fourth-order valence-corrected chi connectivity index (χ4v) is 3.92. The molecule has 0 spiro atoms. The Bertz CT molecular complexity index is 221. The largest absolute Gasteiger partial charge is 0.389 e. The predicted octanol–water partition coefficient (Wildman–Crippen LogP) is 3.36. The van der Waals surface area contributed by atoms with Crippen LogP contribution in [0.15, 0.2) is 0 Å². The van der Waals surface area contributed by atoms with E-state index in [1.807, 2.05) is 0 Å². The Hall–Kier alpha value is -0.0400. The van der Waals surface area contributed by atoms with E-state index in [1.54, 1.807) is 0 Å². The van der Waals surface area contributed by atoms with Gasteiger partial charge in [0.2, 0.25) is 0 Å². The lowest BCUT2D eigenvalue weighted by Crippen LogP contribution is -2.49. The first-order chi connectivity index (χ1) is 6.52. The second-order valence-electron chi connectivity index (χ2n) is 5.96. The van der Waals surface area contributed by atoms with Crippen molar-refractivity contribution in [3.8, 4) is 0 Å². The molecule has 2 aliphatic rings. The molecule has 2 saturated carbocycles. The highest BCUT2D eigenvalue weighted by Gasteiger charge is 2.61. The van der Waals surface area contributed by atoms with Gasteiger partial charge in [0, 0.05) is 0 Å². The van der Waals surface area contributed by atoms with Crippen LogP contribution in [0.1, 0.15) is 59.3 Å². The van der Waals surface area contributed by atoms with Crippen molar-refractivity contribution in [3.05, 3.63) is 0 Å². The second kappa shape index (κ2) is 3.23. The van der Waals surface area contributed by atoms with Gasteiger partial charge in [-0.05, 0) is 42.9 Å². The molecule has 2 rings (SSSR count). The van der Waals surface area contributed by atoms with Gasteiger partial charge in [-0.15, -0.1) is 0 Å². The molecule has 0 unspecified atom stereocenters. The van der Waals surface area contributed by atoms with E-state index in [9.17, 15) is 5.11 Å². The summed E-state index contributed by atoms with van der Waals surface area (Å²) in [6, 6.07) is 0. The predicted molar refractivity (Wildman–Crippen MR) is 59.1 cm³/mol. The monoisotopic (exact) mass is 196 g/mol. The lowest BCUT2D eigenvalue weighted by atomic mass is 9.63. The molecule has 2 aliphatic carbocycles. The summed E-state index contributed by atoms with van der Waals surface area (Å²) in [4.78, 5) is 0. The van der Waals surface area contributed by atoms with E-state index in [0.717, 1.165) is 12.3 Å². The normalized spacial score (nSPS) is 44.6. The first-order valence-corrected chi connectivity index (χ1v) is 6.24. The van der Waals surface area contributed by atoms with Crippen LogP contribution in [-0.4, -0.2) is 10.7 Å². The molecule has 2 bridgehead atoms. The smallest absolute Gasteiger partial charge is 0.0729 e. The zero-order valence-electron chi connectivity index (χ0n) is 9.84. The van der Waals surface area contributed by atoms with Crippen LogP contribution >= 0.6 is 0 Å². The minimum Gasteiger partial charge on any atom is -0.389 e. The van der Waals surface area contributed by atoms with Gasteiger partial charge in [0.15, 0.2) is 0 Å². The Morgan fingerprint density at radius 2 is 1.86 bits per heavy atom. The highest BCUT2D eigenvalue weighted by Crippen LogP contribution is 2.62. The van der Waals surface area contributed by atoms with E-state index in [0.29, 0.717) is 5.92 Å². The van der Waals surface area contributed by atoms with Crippen LogP contribution in [0.3, 0.4) is 0 Å². The highest BCUT2D eigenvalue weighted by molar-refractivity contribution is 5.11. The summed E-state index contributed by atoms with van der Waals surface area (Å²) in [5, 5.41) is 10.8.